The Morgan fingerprint density at radius 1 is 1.21 bits per heavy atom. The molecule has 5 nitrogen and oxygen atoms in total. The van der Waals surface area contributed by atoms with Crippen molar-refractivity contribution in [2.24, 2.45) is 0 Å². The summed E-state index contributed by atoms with van der Waals surface area (Å²) in [6.45, 7) is 0. The Kier molecular flexibility index (Phi) is 4.01. The van der Waals surface area contributed by atoms with Crippen molar-refractivity contribution in [2.75, 3.05) is 12.4 Å². The number of rotatable bonds is 4. The molecule has 0 aromatic heterocycles. The molecule has 0 aliphatic heterocycles. The van der Waals surface area contributed by atoms with Gasteiger partial charge in [0.25, 0.3) is 0 Å². The summed E-state index contributed by atoms with van der Waals surface area (Å²) in [7, 11) is 1.81. The van der Waals surface area contributed by atoms with Crippen molar-refractivity contribution in [3.63, 3.8) is 0 Å². The first-order valence-electron chi connectivity index (χ1n) is 5.50. The van der Waals surface area contributed by atoms with Crippen molar-refractivity contribution in [3.8, 4) is 11.5 Å². The van der Waals surface area contributed by atoms with Gasteiger partial charge < -0.3 is 10.1 Å². The van der Waals surface area contributed by atoms with Crippen molar-refractivity contribution < 1.29 is 9.66 Å². The van der Waals surface area contributed by atoms with Gasteiger partial charge in [-0.15, -0.1) is 0 Å². The lowest BCUT2D eigenvalue weighted by molar-refractivity contribution is -0.385. The second-order valence-corrected chi connectivity index (χ2v) is 4.66. The highest BCUT2D eigenvalue weighted by Crippen LogP contribution is 2.34. The molecular weight excluding hydrogens is 312 g/mol. The van der Waals surface area contributed by atoms with Gasteiger partial charge in [0, 0.05) is 29.3 Å². The molecule has 98 valence electrons. The quantitative estimate of drug-likeness (QED) is 0.677. The van der Waals surface area contributed by atoms with Gasteiger partial charge in [0.1, 0.15) is 5.75 Å². The van der Waals surface area contributed by atoms with Crippen LogP contribution in [0.2, 0.25) is 0 Å². The minimum Gasteiger partial charge on any atom is -0.450 e. The van der Waals surface area contributed by atoms with Gasteiger partial charge in [-0.05, 0) is 30.3 Å². The van der Waals surface area contributed by atoms with Crippen LogP contribution in [0.25, 0.3) is 0 Å². The van der Waals surface area contributed by atoms with Crippen LogP contribution in [0, 0.1) is 10.1 Å². The van der Waals surface area contributed by atoms with Gasteiger partial charge in [0.2, 0.25) is 5.75 Å². The lowest BCUT2D eigenvalue weighted by Crippen LogP contribution is -1.94. The third kappa shape index (κ3) is 3.23. The Hall–Kier alpha value is -2.08. The number of ether oxygens (including phenoxy) is 1. The number of halogens is 1. The van der Waals surface area contributed by atoms with Crippen LogP contribution in [0.15, 0.2) is 46.9 Å². The van der Waals surface area contributed by atoms with Crippen LogP contribution in [-0.4, -0.2) is 12.0 Å². The fourth-order valence-electron chi connectivity index (χ4n) is 1.54. The van der Waals surface area contributed by atoms with E-state index in [1.165, 1.54) is 6.07 Å². The summed E-state index contributed by atoms with van der Waals surface area (Å²) in [5.74, 6) is 0.747. The predicted molar refractivity (Wildman–Crippen MR) is 76.9 cm³/mol. The van der Waals surface area contributed by atoms with E-state index in [4.69, 9.17) is 4.74 Å². The zero-order valence-corrected chi connectivity index (χ0v) is 11.7. The highest BCUT2D eigenvalue weighted by Gasteiger charge is 2.15. The Balaban J connectivity index is 2.31. The SMILES string of the molecule is CNc1ccc(Oc2cc(Br)ccc2[N+](=O)[O-])cc1. The van der Waals surface area contributed by atoms with E-state index in [9.17, 15) is 10.1 Å². The van der Waals surface area contributed by atoms with Gasteiger partial charge in [0.15, 0.2) is 0 Å². The summed E-state index contributed by atoms with van der Waals surface area (Å²) < 4.78 is 6.27. The Labute approximate surface area is 118 Å². The van der Waals surface area contributed by atoms with Gasteiger partial charge in [0.05, 0.1) is 4.92 Å². The van der Waals surface area contributed by atoms with E-state index >= 15 is 0 Å². The van der Waals surface area contributed by atoms with Crippen molar-refractivity contribution in [1.82, 2.24) is 0 Å². The van der Waals surface area contributed by atoms with Crippen molar-refractivity contribution in [2.45, 2.75) is 0 Å². The molecule has 2 aromatic rings. The topological polar surface area (TPSA) is 64.4 Å². The zero-order valence-electron chi connectivity index (χ0n) is 10.1. The first-order valence-corrected chi connectivity index (χ1v) is 6.29. The van der Waals surface area contributed by atoms with Crippen molar-refractivity contribution >= 4 is 27.3 Å². The van der Waals surface area contributed by atoms with Gasteiger partial charge in [-0.3, -0.25) is 10.1 Å². The molecule has 0 spiro atoms. The molecule has 0 aliphatic rings. The summed E-state index contributed by atoms with van der Waals surface area (Å²) in [6, 6.07) is 11.7. The smallest absolute Gasteiger partial charge is 0.311 e. The Morgan fingerprint density at radius 2 is 1.89 bits per heavy atom. The molecule has 0 saturated carbocycles. The molecule has 2 rings (SSSR count). The minimum absolute atomic E-state index is 0.0686. The molecule has 0 aliphatic carbocycles. The van der Waals surface area contributed by atoms with Gasteiger partial charge in [-0.2, -0.15) is 0 Å². The van der Waals surface area contributed by atoms with E-state index in [1.807, 2.05) is 19.2 Å². The van der Waals surface area contributed by atoms with Crippen LogP contribution in [0.3, 0.4) is 0 Å². The number of benzene rings is 2. The molecule has 2 aromatic carbocycles. The lowest BCUT2D eigenvalue weighted by atomic mass is 10.3. The van der Waals surface area contributed by atoms with Crippen molar-refractivity contribution in [3.05, 3.63) is 57.1 Å². The maximum Gasteiger partial charge on any atom is 0.311 e. The molecular formula is C13H11BrN2O3. The van der Waals surface area contributed by atoms with E-state index < -0.39 is 4.92 Å². The predicted octanol–water partition coefficient (Wildman–Crippen LogP) is 4.19. The van der Waals surface area contributed by atoms with Crippen LogP contribution in [0.1, 0.15) is 0 Å². The highest BCUT2D eigenvalue weighted by molar-refractivity contribution is 9.10. The van der Waals surface area contributed by atoms with Gasteiger partial charge >= 0.3 is 5.69 Å². The molecule has 0 bridgehead atoms. The highest BCUT2D eigenvalue weighted by atomic mass is 79.9. The van der Waals surface area contributed by atoms with Crippen LogP contribution >= 0.6 is 15.9 Å². The molecule has 0 unspecified atom stereocenters. The zero-order chi connectivity index (χ0) is 13.8. The molecule has 1 N–H and O–H groups in total. The number of nitro benzene ring substituents is 1. The molecule has 0 heterocycles. The summed E-state index contributed by atoms with van der Waals surface area (Å²) >= 11 is 3.27. The molecule has 0 fully saturated rings. The van der Waals surface area contributed by atoms with Crippen LogP contribution in [-0.2, 0) is 0 Å². The number of nitrogens with one attached hydrogen (secondary N) is 1. The largest absolute Gasteiger partial charge is 0.450 e. The third-order valence-corrected chi connectivity index (χ3v) is 2.98. The first-order chi connectivity index (χ1) is 9.10. The van der Waals surface area contributed by atoms with E-state index in [0.717, 1.165) is 10.2 Å². The van der Waals surface area contributed by atoms with Crippen LogP contribution < -0.4 is 10.1 Å². The minimum atomic E-state index is -0.469. The fourth-order valence-corrected chi connectivity index (χ4v) is 1.88. The Bertz CT molecular complexity index is 599. The fraction of sp³-hybridized carbons (Fsp3) is 0.0769. The number of hydrogen-bond acceptors (Lipinski definition) is 4. The van der Waals surface area contributed by atoms with Crippen LogP contribution in [0.4, 0.5) is 11.4 Å². The average molecular weight is 323 g/mol. The number of hydrogen-bond donors (Lipinski definition) is 1. The van der Waals surface area contributed by atoms with Gasteiger partial charge in [-0.25, -0.2) is 0 Å². The monoisotopic (exact) mass is 322 g/mol. The van der Waals surface area contributed by atoms with Gasteiger partial charge in [-0.1, -0.05) is 15.9 Å². The molecule has 0 saturated heterocycles. The summed E-state index contributed by atoms with van der Waals surface area (Å²) in [5.41, 5.74) is 0.872. The molecule has 0 atom stereocenters. The van der Waals surface area contributed by atoms with E-state index in [0.29, 0.717) is 5.75 Å². The molecule has 19 heavy (non-hydrogen) atoms. The Morgan fingerprint density at radius 3 is 2.47 bits per heavy atom. The van der Waals surface area contributed by atoms with E-state index in [1.54, 1.807) is 24.3 Å². The maximum atomic E-state index is 10.9. The summed E-state index contributed by atoms with van der Waals surface area (Å²) in [6.07, 6.45) is 0. The second kappa shape index (κ2) is 5.71. The maximum absolute atomic E-state index is 10.9. The lowest BCUT2D eigenvalue weighted by Gasteiger charge is -2.07. The first kappa shape index (κ1) is 13.4. The standard InChI is InChI=1S/C13H11BrN2O3/c1-15-10-3-5-11(6-4-10)19-13-8-9(14)2-7-12(13)16(17)18/h2-8,15H,1H3. The molecule has 0 amide bonds. The number of nitro groups is 1. The number of nitrogens with zero attached hydrogens (tertiary/aromatic N) is 1. The van der Waals surface area contributed by atoms with E-state index in [2.05, 4.69) is 21.2 Å². The third-order valence-electron chi connectivity index (χ3n) is 2.49. The van der Waals surface area contributed by atoms with Crippen molar-refractivity contribution in [1.29, 1.82) is 0 Å². The number of anilines is 1. The second-order valence-electron chi connectivity index (χ2n) is 3.75. The van der Waals surface area contributed by atoms with E-state index in [-0.39, 0.29) is 11.4 Å². The molecule has 6 heteroatoms. The summed E-state index contributed by atoms with van der Waals surface area (Å²) in [5, 5.41) is 13.9. The summed E-state index contributed by atoms with van der Waals surface area (Å²) in [4.78, 5) is 10.5. The van der Waals surface area contributed by atoms with Crippen LogP contribution in [0.5, 0.6) is 11.5 Å². The molecule has 0 radical (unpaired) electrons. The normalized spacial score (nSPS) is 10.0. The average Bonchev–Trinajstić information content (AvgIpc) is 2.39.